The zero-order valence-corrected chi connectivity index (χ0v) is 12.8. The molecule has 1 saturated carbocycles. The van der Waals surface area contributed by atoms with Crippen LogP contribution in [0.5, 0.6) is 5.75 Å². The fourth-order valence-corrected chi connectivity index (χ4v) is 2.64. The summed E-state index contributed by atoms with van der Waals surface area (Å²) in [6.45, 7) is 6.11. The number of hydrogen-bond donors (Lipinski definition) is 1. The lowest BCUT2D eigenvalue weighted by Crippen LogP contribution is -2.47. The van der Waals surface area contributed by atoms with E-state index in [0.29, 0.717) is 5.54 Å². The van der Waals surface area contributed by atoms with Gasteiger partial charge in [0.2, 0.25) is 0 Å². The fraction of sp³-hybridized carbons (Fsp3) is 0.600. The topological polar surface area (TPSA) is 21.3 Å². The number of rotatable bonds is 6. The molecule has 3 heteroatoms. The minimum Gasteiger partial charge on any atom is -0.493 e. The number of halogens is 1. The molecular weight excluding hydrogens is 290 g/mol. The maximum atomic E-state index is 5.80. The molecule has 0 aliphatic heterocycles. The molecule has 0 spiro atoms. The largest absolute Gasteiger partial charge is 0.493 e. The van der Waals surface area contributed by atoms with Crippen LogP contribution in [0.15, 0.2) is 22.7 Å². The van der Waals surface area contributed by atoms with Gasteiger partial charge >= 0.3 is 0 Å². The summed E-state index contributed by atoms with van der Waals surface area (Å²) in [6.07, 6.45) is 4.96. The molecule has 0 radical (unpaired) electrons. The normalized spacial score (nSPS) is 17.3. The summed E-state index contributed by atoms with van der Waals surface area (Å²) in [5, 5.41) is 3.65. The first-order valence-corrected chi connectivity index (χ1v) is 7.58. The van der Waals surface area contributed by atoms with E-state index in [1.54, 1.807) is 0 Å². The van der Waals surface area contributed by atoms with Gasteiger partial charge in [-0.25, -0.2) is 0 Å². The quantitative estimate of drug-likeness (QED) is 0.847. The molecule has 1 aromatic rings. The summed E-state index contributed by atoms with van der Waals surface area (Å²) < 4.78 is 6.91. The van der Waals surface area contributed by atoms with Crippen LogP contribution in [0.2, 0.25) is 0 Å². The van der Waals surface area contributed by atoms with Gasteiger partial charge in [0, 0.05) is 22.1 Å². The molecule has 0 heterocycles. The van der Waals surface area contributed by atoms with Crippen LogP contribution in [-0.4, -0.2) is 12.1 Å². The van der Waals surface area contributed by atoms with Gasteiger partial charge in [0.1, 0.15) is 5.75 Å². The minimum absolute atomic E-state index is 0.338. The van der Waals surface area contributed by atoms with Crippen molar-refractivity contribution in [2.24, 2.45) is 0 Å². The Morgan fingerprint density at radius 1 is 1.39 bits per heavy atom. The predicted molar refractivity (Wildman–Crippen MR) is 79.0 cm³/mol. The van der Waals surface area contributed by atoms with E-state index in [2.05, 4.69) is 47.2 Å². The summed E-state index contributed by atoms with van der Waals surface area (Å²) in [4.78, 5) is 0. The molecule has 1 aliphatic carbocycles. The van der Waals surface area contributed by atoms with Crippen LogP contribution in [0.4, 0.5) is 0 Å². The lowest BCUT2D eigenvalue weighted by molar-refractivity contribution is 0.205. The maximum absolute atomic E-state index is 5.80. The second-order valence-electron chi connectivity index (χ2n) is 5.37. The van der Waals surface area contributed by atoms with Crippen LogP contribution >= 0.6 is 15.9 Å². The van der Waals surface area contributed by atoms with E-state index >= 15 is 0 Å². The van der Waals surface area contributed by atoms with Crippen LogP contribution in [0, 0.1) is 0 Å². The molecule has 18 heavy (non-hydrogen) atoms. The van der Waals surface area contributed by atoms with Gasteiger partial charge in [-0.05, 0) is 50.8 Å². The summed E-state index contributed by atoms with van der Waals surface area (Å²) in [5.74, 6) is 1.01. The standard InChI is InChI=1S/C15H22BrNO/c1-3-9-18-14-6-5-13(16)10-12(14)11-17-15(2)7-4-8-15/h5-6,10,17H,3-4,7-9,11H2,1-2H3. The molecule has 100 valence electrons. The second kappa shape index (κ2) is 6.07. The fourth-order valence-electron chi connectivity index (χ4n) is 2.23. The molecule has 0 amide bonds. The number of hydrogen-bond acceptors (Lipinski definition) is 2. The smallest absolute Gasteiger partial charge is 0.123 e. The molecule has 1 N–H and O–H groups in total. The van der Waals surface area contributed by atoms with Crippen LogP contribution in [0.1, 0.15) is 45.1 Å². The van der Waals surface area contributed by atoms with E-state index in [4.69, 9.17) is 4.74 Å². The Kier molecular flexibility index (Phi) is 4.68. The molecule has 1 fully saturated rings. The second-order valence-corrected chi connectivity index (χ2v) is 6.28. The molecule has 2 rings (SSSR count). The average Bonchev–Trinajstić information content (AvgIpc) is 2.33. The SMILES string of the molecule is CCCOc1ccc(Br)cc1CNC1(C)CCC1. The maximum Gasteiger partial charge on any atom is 0.123 e. The number of benzene rings is 1. The molecule has 0 unspecified atom stereocenters. The van der Waals surface area contributed by atoms with Crippen LogP contribution in [-0.2, 0) is 6.54 Å². The highest BCUT2D eigenvalue weighted by molar-refractivity contribution is 9.10. The molecule has 2 nitrogen and oxygen atoms in total. The van der Waals surface area contributed by atoms with Crippen LogP contribution in [0.25, 0.3) is 0 Å². The highest BCUT2D eigenvalue weighted by atomic mass is 79.9. The third-order valence-electron chi connectivity index (χ3n) is 3.65. The molecule has 0 atom stereocenters. The first-order chi connectivity index (χ1) is 8.63. The van der Waals surface area contributed by atoms with Crippen molar-refractivity contribution in [3.8, 4) is 5.75 Å². The van der Waals surface area contributed by atoms with Crippen molar-refractivity contribution in [2.45, 2.75) is 51.6 Å². The third-order valence-corrected chi connectivity index (χ3v) is 4.14. The van der Waals surface area contributed by atoms with Crippen molar-refractivity contribution in [3.63, 3.8) is 0 Å². The van der Waals surface area contributed by atoms with Gasteiger partial charge in [0.15, 0.2) is 0 Å². The lowest BCUT2D eigenvalue weighted by Gasteiger charge is -2.39. The Hall–Kier alpha value is -0.540. The zero-order chi connectivity index (χ0) is 13.0. The molecule has 0 bridgehead atoms. The summed E-state index contributed by atoms with van der Waals surface area (Å²) in [7, 11) is 0. The Balaban J connectivity index is 2.02. The van der Waals surface area contributed by atoms with Crippen molar-refractivity contribution in [1.82, 2.24) is 5.32 Å². The predicted octanol–water partition coefficient (Wildman–Crippen LogP) is 4.27. The summed E-state index contributed by atoms with van der Waals surface area (Å²) in [5.41, 5.74) is 1.58. The van der Waals surface area contributed by atoms with E-state index in [1.807, 2.05) is 6.07 Å². The van der Waals surface area contributed by atoms with E-state index < -0.39 is 0 Å². The minimum atomic E-state index is 0.338. The van der Waals surface area contributed by atoms with E-state index in [0.717, 1.165) is 29.8 Å². The highest BCUT2D eigenvalue weighted by Crippen LogP contribution is 2.32. The number of nitrogens with one attached hydrogen (secondary N) is 1. The molecule has 1 aliphatic rings. The van der Waals surface area contributed by atoms with E-state index in [1.165, 1.54) is 24.8 Å². The van der Waals surface area contributed by atoms with Crippen LogP contribution < -0.4 is 10.1 Å². The van der Waals surface area contributed by atoms with Crippen molar-refractivity contribution < 1.29 is 4.74 Å². The van der Waals surface area contributed by atoms with Crippen molar-refractivity contribution in [3.05, 3.63) is 28.2 Å². The van der Waals surface area contributed by atoms with Crippen LogP contribution in [0.3, 0.4) is 0 Å². The van der Waals surface area contributed by atoms with Gasteiger partial charge in [-0.1, -0.05) is 22.9 Å². The molecule has 0 aromatic heterocycles. The van der Waals surface area contributed by atoms with Crippen molar-refractivity contribution in [2.75, 3.05) is 6.61 Å². The first kappa shape index (κ1) is 13.9. The molecule has 1 aromatic carbocycles. The lowest BCUT2D eigenvalue weighted by atomic mass is 9.78. The Morgan fingerprint density at radius 2 is 2.17 bits per heavy atom. The van der Waals surface area contributed by atoms with Gasteiger partial charge in [-0.2, -0.15) is 0 Å². The average molecular weight is 312 g/mol. The van der Waals surface area contributed by atoms with Gasteiger partial charge < -0.3 is 10.1 Å². The Labute approximate surface area is 118 Å². The van der Waals surface area contributed by atoms with E-state index in [-0.39, 0.29) is 0 Å². The highest BCUT2D eigenvalue weighted by Gasteiger charge is 2.30. The van der Waals surface area contributed by atoms with Gasteiger partial charge in [0.05, 0.1) is 6.61 Å². The number of ether oxygens (including phenoxy) is 1. The molecular formula is C15H22BrNO. The zero-order valence-electron chi connectivity index (χ0n) is 11.3. The summed E-state index contributed by atoms with van der Waals surface area (Å²) in [6, 6.07) is 6.25. The van der Waals surface area contributed by atoms with Crippen molar-refractivity contribution >= 4 is 15.9 Å². The van der Waals surface area contributed by atoms with E-state index in [9.17, 15) is 0 Å². The third kappa shape index (κ3) is 3.48. The first-order valence-electron chi connectivity index (χ1n) is 6.79. The monoisotopic (exact) mass is 311 g/mol. The Bertz CT molecular complexity index is 401. The van der Waals surface area contributed by atoms with Gasteiger partial charge in [-0.15, -0.1) is 0 Å². The van der Waals surface area contributed by atoms with Gasteiger partial charge in [0.25, 0.3) is 0 Å². The summed E-state index contributed by atoms with van der Waals surface area (Å²) >= 11 is 3.53. The van der Waals surface area contributed by atoms with Crippen molar-refractivity contribution in [1.29, 1.82) is 0 Å². The molecule has 0 saturated heterocycles. The Morgan fingerprint density at radius 3 is 2.78 bits per heavy atom. The van der Waals surface area contributed by atoms with Gasteiger partial charge in [-0.3, -0.25) is 0 Å².